The van der Waals surface area contributed by atoms with Crippen LogP contribution >= 0.6 is 0 Å². The highest BCUT2D eigenvalue weighted by Crippen LogP contribution is 2.20. The monoisotopic (exact) mass is 827 g/mol. The van der Waals surface area contributed by atoms with E-state index in [0.29, 0.717) is 17.7 Å². The minimum Gasteiger partial charge on any atom is -0.370 e. The van der Waals surface area contributed by atoms with Crippen LogP contribution in [0.25, 0.3) is 10.9 Å². The zero-order valence-corrected chi connectivity index (χ0v) is 34.1. The van der Waals surface area contributed by atoms with Crippen molar-refractivity contribution in [2.24, 2.45) is 33.8 Å². The van der Waals surface area contributed by atoms with Crippen LogP contribution in [0.4, 0.5) is 0 Å². The summed E-state index contributed by atoms with van der Waals surface area (Å²) in [6.45, 7) is 5.42. The lowest BCUT2D eigenvalue weighted by molar-refractivity contribution is -0.135. The first-order valence-electron chi connectivity index (χ1n) is 19.8. The Morgan fingerprint density at radius 2 is 1.28 bits per heavy atom. The van der Waals surface area contributed by atoms with Crippen LogP contribution in [0.2, 0.25) is 0 Å². The van der Waals surface area contributed by atoms with Crippen molar-refractivity contribution in [3.63, 3.8) is 0 Å². The molecule has 0 fully saturated rings. The second kappa shape index (κ2) is 22.4. The van der Waals surface area contributed by atoms with Gasteiger partial charge in [-0.3, -0.25) is 33.8 Å². The number of guanidine groups is 1. The van der Waals surface area contributed by atoms with Gasteiger partial charge in [-0.1, -0.05) is 62.4 Å². The smallest absolute Gasteiger partial charge is 0.243 e. The summed E-state index contributed by atoms with van der Waals surface area (Å²) in [6.07, 6.45) is 5.50. The standard InChI is InChI=1S/C41H57N13O6/c1-23(2)16-31(37(57)50-24(3)35(43)55)52-40(60)34(19-27-21-46-22-49-27)54-39(59)33(18-26-20-48-30-14-8-7-12-28(26)30)53-38(58)32(17-25-10-5-4-6-11-25)51-36(56)29(42)13-9-15-47-41(44)45/h4-8,10-12,14,20-24,29,31-34,48H,9,13,15-19,42H2,1-3H3,(H2,43,55)(H,46,49)(H,50,57)(H,51,56)(H,52,60)(H,53,58)(H,54,59)(H4,44,45,47)/t24-,29-,31-,32-,33-,34-/m0/s1. The summed E-state index contributed by atoms with van der Waals surface area (Å²) in [7, 11) is 0. The van der Waals surface area contributed by atoms with E-state index in [0.717, 1.165) is 16.5 Å². The highest BCUT2D eigenvalue weighted by molar-refractivity contribution is 5.97. The summed E-state index contributed by atoms with van der Waals surface area (Å²) in [6, 6.07) is 9.70. The molecule has 0 spiro atoms. The fraction of sp³-hybridized carbons (Fsp3) is 0.415. The van der Waals surface area contributed by atoms with E-state index in [1.165, 1.54) is 19.4 Å². The van der Waals surface area contributed by atoms with Crippen LogP contribution in [0, 0.1) is 5.92 Å². The summed E-state index contributed by atoms with van der Waals surface area (Å²) >= 11 is 0. The average Bonchev–Trinajstić information content (AvgIpc) is 3.88. The summed E-state index contributed by atoms with van der Waals surface area (Å²) in [5, 5.41) is 14.5. The van der Waals surface area contributed by atoms with Crippen molar-refractivity contribution in [3.05, 3.63) is 90.1 Å². The normalized spacial score (nSPS) is 14.2. The van der Waals surface area contributed by atoms with Gasteiger partial charge in [-0.15, -0.1) is 0 Å². The molecule has 0 saturated heterocycles. The van der Waals surface area contributed by atoms with Gasteiger partial charge in [0, 0.05) is 54.8 Å². The van der Waals surface area contributed by atoms with E-state index < -0.39 is 71.7 Å². The van der Waals surface area contributed by atoms with E-state index in [9.17, 15) is 28.8 Å². The molecule has 0 unspecified atom stereocenters. The lowest BCUT2D eigenvalue weighted by atomic mass is 10.00. The SMILES string of the molecule is CC(C)C[C@H](NC(=O)[C@H](Cc1cnc[nH]1)NC(=O)[C@H](Cc1c[nH]c2ccccc12)NC(=O)[C@H](Cc1ccccc1)NC(=O)[C@@H](N)CCCN=C(N)N)C(=O)N[C@@H](C)C(N)=O. The number of primary amides is 1. The zero-order chi connectivity index (χ0) is 43.8. The van der Waals surface area contributed by atoms with Crippen LogP contribution in [-0.2, 0) is 48.0 Å². The van der Waals surface area contributed by atoms with Crippen molar-refractivity contribution in [3.8, 4) is 0 Å². The number of imidazole rings is 1. The highest BCUT2D eigenvalue weighted by Gasteiger charge is 2.33. The van der Waals surface area contributed by atoms with E-state index >= 15 is 0 Å². The molecule has 0 radical (unpaired) electrons. The molecule has 6 amide bonds. The number of aromatic amines is 2. The van der Waals surface area contributed by atoms with Crippen LogP contribution in [0.5, 0.6) is 0 Å². The van der Waals surface area contributed by atoms with Gasteiger partial charge in [0.05, 0.1) is 12.4 Å². The van der Waals surface area contributed by atoms with Crippen molar-refractivity contribution in [1.82, 2.24) is 41.5 Å². The molecule has 19 nitrogen and oxygen atoms in total. The molecule has 0 saturated carbocycles. The number of benzene rings is 2. The number of carbonyl (C=O) groups is 6. The van der Waals surface area contributed by atoms with E-state index in [2.05, 4.69) is 46.5 Å². The molecule has 322 valence electrons. The van der Waals surface area contributed by atoms with Crippen LogP contribution < -0.4 is 49.5 Å². The molecular formula is C41H57N13O6. The third-order valence-corrected chi connectivity index (χ3v) is 9.69. The minimum atomic E-state index is -1.27. The fourth-order valence-electron chi connectivity index (χ4n) is 6.45. The van der Waals surface area contributed by atoms with Gasteiger partial charge in [-0.2, -0.15) is 0 Å². The number of aromatic nitrogens is 3. The molecule has 6 atom stereocenters. The topological polar surface area (TPSA) is 323 Å². The first-order chi connectivity index (χ1) is 28.6. The molecule has 2 aromatic carbocycles. The van der Waals surface area contributed by atoms with Gasteiger partial charge in [0.25, 0.3) is 0 Å². The maximum absolute atomic E-state index is 14.5. The average molecular weight is 828 g/mol. The van der Waals surface area contributed by atoms with Crippen molar-refractivity contribution in [2.45, 2.75) is 95.5 Å². The molecule has 15 N–H and O–H groups in total. The number of H-pyrrole nitrogens is 2. The summed E-state index contributed by atoms with van der Waals surface area (Å²) in [5.74, 6) is -4.20. The second-order valence-corrected chi connectivity index (χ2v) is 15.1. The Morgan fingerprint density at radius 1 is 0.700 bits per heavy atom. The lowest BCUT2D eigenvalue weighted by Gasteiger charge is -2.27. The van der Waals surface area contributed by atoms with Gasteiger partial charge < -0.3 is 59.5 Å². The number of nitrogens with zero attached hydrogens (tertiary/aromatic N) is 2. The fourth-order valence-corrected chi connectivity index (χ4v) is 6.45. The predicted octanol–water partition coefficient (Wildman–Crippen LogP) is -0.725. The molecule has 2 aromatic heterocycles. The van der Waals surface area contributed by atoms with Gasteiger partial charge in [0.2, 0.25) is 35.4 Å². The van der Waals surface area contributed by atoms with E-state index in [1.54, 1.807) is 30.5 Å². The summed E-state index contributed by atoms with van der Waals surface area (Å²) < 4.78 is 0. The number of rotatable bonds is 23. The summed E-state index contributed by atoms with van der Waals surface area (Å²) in [4.78, 5) is 95.3. The molecule has 0 aliphatic heterocycles. The van der Waals surface area contributed by atoms with E-state index in [-0.39, 0.29) is 50.5 Å². The minimum absolute atomic E-state index is 0.0142. The second-order valence-electron chi connectivity index (χ2n) is 15.1. The van der Waals surface area contributed by atoms with Crippen LogP contribution in [0.15, 0.2) is 78.3 Å². The Morgan fingerprint density at radius 3 is 1.90 bits per heavy atom. The van der Waals surface area contributed by atoms with Crippen molar-refractivity contribution < 1.29 is 28.8 Å². The van der Waals surface area contributed by atoms with Gasteiger partial charge in [0.15, 0.2) is 5.96 Å². The molecule has 4 aromatic rings. The first kappa shape index (κ1) is 45.9. The number of hydrogen-bond donors (Lipinski definition) is 11. The Kier molecular flexibility index (Phi) is 17.2. The number of amides is 6. The van der Waals surface area contributed by atoms with Gasteiger partial charge in [0.1, 0.15) is 30.2 Å². The largest absolute Gasteiger partial charge is 0.370 e. The molecule has 19 heteroatoms. The molecule has 60 heavy (non-hydrogen) atoms. The third-order valence-electron chi connectivity index (χ3n) is 9.69. The Labute approximate surface area is 348 Å². The van der Waals surface area contributed by atoms with Gasteiger partial charge in [-0.25, -0.2) is 4.98 Å². The van der Waals surface area contributed by atoms with E-state index in [4.69, 9.17) is 22.9 Å². The Balaban J connectivity index is 1.64. The Hall–Kier alpha value is -6.76. The number of para-hydroxylation sites is 1. The first-order valence-corrected chi connectivity index (χ1v) is 19.8. The number of carbonyl (C=O) groups excluding carboxylic acids is 6. The number of nitrogens with two attached hydrogens (primary N) is 4. The maximum Gasteiger partial charge on any atom is 0.243 e. The number of nitrogens with one attached hydrogen (secondary N) is 7. The van der Waals surface area contributed by atoms with Gasteiger partial charge >= 0.3 is 0 Å². The van der Waals surface area contributed by atoms with Crippen LogP contribution in [0.3, 0.4) is 0 Å². The number of hydrogen-bond acceptors (Lipinski definition) is 9. The lowest BCUT2D eigenvalue weighted by Crippen LogP contribution is -2.60. The van der Waals surface area contributed by atoms with Crippen LogP contribution in [-0.4, -0.2) is 99.2 Å². The molecular weight excluding hydrogens is 771 g/mol. The Bertz CT molecular complexity index is 2080. The predicted molar refractivity (Wildman–Crippen MR) is 226 cm³/mol. The number of aliphatic imine (C=N–C) groups is 1. The number of fused-ring (bicyclic) bond motifs is 1. The summed E-state index contributed by atoms with van der Waals surface area (Å²) in [5.41, 5.74) is 25.1. The van der Waals surface area contributed by atoms with Crippen molar-refractivity contribution in [1.29, 1.82) is 0 Å². The molecule has 2 heterocycles. The highest BCUT2D eigenvalue weighted by atomic mass is 16.2. The molecule has 0 aliphatic carbocycles. The zero-order valence-electron chi connectivity index (χ0n) is 34.1. The maximum atomic E-state index is 14.5. The van der Waals surface area contributed by atoms with Crippen molar-refractivity contribution >= 4 is 52.3 Å². The van der Waals surface area contributed by atoms with Crippen LogP contribution in [0.1, 0.15) is 56.9 Å². The molecule has 0 aliphatic rings. The molecule has 0 bridgehead atoms. The van der Waals surface area contributed by atoms with E-state index in [1.807, 2.05) is 44.2 Å². The molecule has 4 rings (SSSR count). The van der Waals surface area contributed by atoms with Crippen molar-refractivity contribution in [2.75, 3.05) is 6.54 Å². The third kappa shape index (κ3) is 14.3. The quantitative estimate of drug-likeness (QED) is 0.0253. The van der Waals surface area contributed by atoms with Gasteiger partial charge in [-0.05, 0) is 49.3 Å².